The van der Waals surface area contributed by atoms with Crippen LogP contribution in [0.3, 0.4) is 0 Å². The Balaban J connectivity index is 2.99. The summed E-state index contributed by atoms with van der Waals surface area (Å²) in [4.78, 5) is 60.1. The Labute approximate surface area is 192 Å². The third-order valence-electron chi connectivity index (χ3n) is 5.17. The molecule has 0 aromatic heterocycles. The molecule has 0 bridgehead atoms. The molecule has 0 heterocycles. The van der Waals surface area contributed by atoms with Gasteiger partial charge in [-0.1, -0.05) is 50.6 Å². The maximum atomic E-state index is 13.0. The minimum atomic E-state index is -1.23. The molecule has 1 rings (SSSR count). The zero-order valence-electron chi connectivity index (χ0n) is 18.7. The number of nitrogens with one attached hydrogen (secondary N) is 3. The van der Waals surface area contributed by atoms with Gasteiger partial charge in [-0.2, -0.15) is 0 Å². The van der Waals surface area contributed by atoms with Crippen molar-refractivity contribution in [2.45, 2.75) is 57.7 Å². The molecule has 33 heavy (non-hydrogen) atoms. The van der Waals surface area contributed by atoms with Crippen molar-refractivity contribution in [1.29, 1.82) is 0 Å². The second-order valence-electron chi connectivity index (χ2n) is 7.72. The second-order valence-corrected chi connectivity index (χ2v) is 7.72. The van der Waals surface area contributed by atoms with Gasteiger partial charge in [-0.05, 0) is 17.9 Å². The smallest absolute Gasteiger partial charge is 0.326 e. The summed E-state index contributed by atoms with van der Waals surface area (Å²) in [6.07, 6.45) is -0.0462. The molecule has 7 N–H and O–H groups in total. The van der Waals surface area contributed by atoms with Crippen LogP contribution in [0.25, 0.3) is 0 Å². The minimum Gasteiger partial charge on any atom is -0.481 e. The molecule has 0 fully saturated rings. The number of rotatable bonds is 14. The summed E-state index contributed by atoms with van der Waals surface area (Å²) >= 11 is 0. The van der Waals surface area contributed by atoms with Crippen LogP contribution >= 0.6 is 0 Å². The van der Waals surface area contributed by atoms with Crippen LogP contribution < -0.4 is 21.7 Å². The molecule has 4 unspecified atom stereocenters. The number of amides is 3. The highest BCUT2D eigenvalue weighted by Gasteiger charge is 2.32. The lowest BCUT2D eigenvalue weighted by atomic mass is 9.96. The highest BCUT2D eigenvalue weighted by Crippen LogP contribution is 2.11. The van der Waals surface area contributed by atoms with Crippen LogP contribution in [0.2, 0.25) is 0 Å². The number of carboxylic acids is 2. The fraction of sp³-hybridized carbons (Fsp3) is 0.500. The summed E-state index contributed by atoms with van der Waals surface area (Å²) in [7, 11) is 0. The van der Waals surface area contributed by atoms with E-state index in [1.54, 1.807) is 44.2 Å². The number of hydrogen-bond acceptors (Lipinski definition) is 6. The zero-order valence-corrected chi connectivity index (χ0v) is 18.7. The van der Waals surface area contributed by atoms with Gasteiger partial charge < -0.3 is 31.9 Å². The predicted molar refractivity (Wildman–Crippen MR) is 119 cm³/mol. The Morgan fingerprint density at radius 1 is 0.939 bits per heavy atom. The largest absolute Gasteiger partial charge is 0.481 e. The first-order chi connectivity index (χ1) is 15.6. The van der Waals surface area contributed by atoms with E-state index in [1.807, 2.05) is 0 Å². The van der Waals surface area contributed by atoms with Gasteiger partial charge in [-0.25, -0.2) is 4.79 Å². The Hall–Kier alpha value is -3.47. The van der Waals surface area contributed by atoms with Crippen LogP contribution in [-0.2, 0) is 30.4 Å². The molecule has 1 aromatic rings. The van der Waals surface area contributed by atoms with E-state index in [0.29, 0.717) is 12.0 Å². The summed E-state index contributed by atoms with van der Waals surface area (Å²) in [6, 6.07) is 5.25. The SMILES string of the molecule is CCC(C)C(NC(=O)C(CCC(=O)O)NC(=O)CN)C(=O)NC(Cc1ccccc1)C(=O)O. The van der Waals surface area contributed by atoms with E-state index >= 15 is 0 Å². The first-order valence-corrected chi connectivity index (χ1v) is 10.7. The average molecular weight is 465 g/mol. The first kappa shape index (κ1) is 27.6. The van der Waals surface area contributed by atoms with Gasteiger partial charge in [-0.15, -0.1) is 0 Å². The summed E-state index contributed by atoms with van der Waals surface area (Å²) in [5, 5.41) is 25.8. The molecular weight excluding hydrogens is 432 g/mol. The van der Waals surface area contributed by atoms with Gasteiger partial charge in [-0.3, -0.25) is 19.2 Å². The summed E-state index contributed by atoms with van der Waals surface area (Å²) in [5.41, 5.74) is 5.98. The molecule has 0 saturated heterocycles. The monoisotopic (exact) mass is 464 g/mol. The van der Waals surface area contributed by atoms with Crippen molar-refractivity contribution in [3.8, 4) is 0 Å². The van der Waals surface area contributed by atoms with Crippen LogP contribution in [0, 0.1) is 5.92 Å². The Bertz CT molecular complexity index is 831. The van der Waals surface area contributed by atoms with E-state index < -0.39 is 54.3 Å². The van der Waals surface area contributed by atoms with E-state index in [4.69, 9.17) is 10.8 Å². The topological polar surface area (TPSA) is 188 Å². The molecule has 0 saturated carbocycles. The molecule has 11 nitrogen and oxygen atoms in total. The molecule has 0 radical (unpaired) electrons. The Morgan fingerprint density at radius 2 is 1.58 bits per heavy atom. The predicted octanol–water partition coefficient (Wildman–Crippen LogP) is -0.362. The van der Waals surface area contributed by atoms with Gasteiger partial charge in [0.2, 0.25) is 17.7 Å². The number of carbonyl (C=O) groups excluding carboxylic acids is 3. The van der Waals surface area contributed by atoms with Gasteiger partial charge in [0.15, 0.2) is 0 Å². The number of carboxylic acid groups (broad SMARTS) is 2. The van der Waals surface area contributed by atoms with Crippen molar-refractivity contribution < 1.29 is 34.2 Å². The number of benzene rings is 1. The molecule has 0 spiro atoms. The van der Waals surface area contributed by atoms with Crippen molar-refractivity contribution in [2.75, 3.05) is 6.54 Å². The van der Waals surface area contributed by atoms with Crippen molar-refractivity contribution in [1.82, 2.24) is 16.0 Å². The standard InChI is InChI=1S/C22H32N4O7/c1-3-13(2)19(26-20(30)15(9-10-18(28)29)24-17(27)12-23)21(31)25-16(22(32)33)11-14-7-5-4-6-8-14/h4-8,13,15-16,19H,3,9-12,23H2,1-2H3,(H,24,27)(H,25,31)(H,26,30)(H,28,29)(H,32,33). The first-order valence-electron chi connectivity index (χ1n) is 10.7. The minimum absolute atomic E-state index is 0.0525. The summed E-state index contributed by atoms with van der Waals surface area (Å²) < 4.78 is 0. The van der Waals surface area contributed by atoms with E-state index in [2.05, 4.69) is 16.0 Å². The molecule has 182 valence electrons. The fourth-order valence-electron chi connectivity index (χ4n) is 3.06. The number of nitrogens with two attached hydrogens (primary N) is 1. The van der Waals surface area contributed by atoms with Crippen molar-refractivity contribution in [3.63, 3.8) is 0 Å². The second kappa shape index (κ2) is 13.8. The van der Waals surface area contributed by atoms with Crippen LogP contribution in [0.4, 0.5) is 0 Å². The van der Waals surface area contributed by atoms with Gasteiger partial charge >= 0.3 is 11.9 Å². The third kappa shape index (κ3) is 9.69. The fourth-order valence-corrected chi connectivity index (χ4v) is 3.06. The maximum Gasteiger partial charge on any atom is 0.326 e. The zero-order chi connectivity index (χ0) is 25.0. The van der Waals surface area contributed by atoms with Gasteiger partial charge in [0.05, 0.1) is 6.54 Å². The van der Waals surface area contributed by atoms with E-state index in [-0.39, 0.29) is 25.2 Å². The third-order valence-corrected chi connectivity index (χ3v) is 5.17. The lowest BCUT2D eigenvalue weighted by molar-refractivity contribution is -0.142. The molecule has 0 aliphatic rings. The molecule has 0 aliphatic heterocycles. The van der Waals surface area contributed by atoms with Crippen molar-refractivity contribution in [2.24, 2.45) is 11.7 Å². The molecule has 0 aliphatic carbocycles. The molecule has 3 amide bonds. The van der Waals surface area contributed by atoms with E-state index in [9.17, 15) is 29.1 Å². The highest BCUT2D eigenvalue weighted by molar-refractivity contribution is 5.94. The van der Waals surface area contributed by atoms with Gasteiger partial charge in [0, 0.05) is 12.8 Å². The normalized spacial score (nSPS) is 14.3. The molecular formula is C22H32N4O7. The van der Waals surface area contributed by atoms with Crippen LogP contribution in [0.5, 0.6) is 0 Å². The van der Waals surface area contributed by atoms with Crippen molar-refractivity contribution >= 4 is 29.7 Å². The molecule has 4 atom stereocenters. The van der Waals surface area contributed by atoms with Crippen LogP contribution in [-0.4, -0.2) is 64.5 Å². The van der Waals surface area contributed by atoms with Crippen LogP contribution in [0.1, 0.15) is 38.7 Å². The maximum absolute atomic E-state index is 13.0. The summed E-state index contributed by atoms with van der Waals surface area (Å²) in [5.74, 6) is -4.85. The highest BCUT2D eigenvalue weighted by atomic mass is 16.4. The quantitative estimate of drug-likeness (QED) is 0.215. The number of carbonyl (C=O) groups is 5. The van der Waals surface area contributed by atoms with E-state index in [1.165, 1.54) is 0 Å². The van der Waals surface area contributed by atoms with Crippen LogP contribution in [0.15, 0.2) is 30.3 Å². The number of hydrogen-bond donors (Lipinski definition) is 6. The average Bonchev–Trinajstić information content (AvgIpc) is 2.79. The number of aliphatic carboxylic acids is 2. The lowest BCUT2D eigenvalue weighted by Crippen LogP contribution is -2.58. The lowest BCUT2D eigenvalue weighted by Gasteiger charge is -2.27. The summed E-state index contributed by atoms with van der Waals surface area (Å²) in [6.45, 7) is 3.11. The van der Waals surface area contributed by atoms with E-state index in [0.717, 1.165) is 0 Å². The van der Waals surface area contributed by atoms with Gasteiger partial charge in [0.25, 0.3) is 0 Å². The van der Waals surface area contributed by atoms with Gasteiger partial charge in [0.1, 0.15) is 18.1 Å². The Kier molecular flexibility index (Phi) is 11.6. The van der Waals surface area contributed by atoms with Crippen molar-refractivity contribution in [3.05, 3.63) is 35.9 Å². The molecule has 1 aromatic carbocycles. The molecule has 11 heteroatoms. The Morgan fingerprint density at radius 3 is 2.09 bits per heavy atom.